The fraction of sp³-hybridized carbons (Fsp3) is 0.733. The molecule has 0 bridgehead atoms. The number of hydrogen-bond acceptors (Lipinski definition) is 3. The van der Waals surface area contributed by atoms with Crippen LogP contribution in [-0.2, 0) is 14.3 Å². The SMILES string of the molecule is CNC(=O)[C@@H]1CN(C(=O)/C(F)=C\C2CCCCC2)CCO1. The van der Waals surface area contributed by atoms with Crippen LogP contribution in [-0.4, -0.2) is 49.6 Å². The summed E-state index contributed by atoms with van der Waals surface area (Å²) in [5.41, 5.74) is 0. The van der Waals surface area contributed by atoms with Gasteiger partial charge in [0.25, 0.3) is 11.8 Å². The molecule has 0 aromatic carbocycles. The monoisotopic (exact) mass is 298 g/mol. The number of halogens is 1. The van der Waals surface area contributed by atoms with Gasteiger partial charge in [-0.15, -0.1) is 0 Å². The van der Waals surface area contributed by atoms with Gasteiger partial charge < -0.3 is 15.0 Å². The molecular formula is C15H23FN2O3. The number of hydrogen-bond donors (Lipinski definition) is 1. The van der Waals surface area contributed by atoms with Crippen LogP contribution in [0.2, 0.25) is 0 Å². The zero-order valence-electron chi connectivity index (χ0n) is 12.4. The number of ether oxygens (including phenoxy) is 1. The van der Waals surface area contributed by atoms with Crippen LogP contribution in [0.5, 0.6) is 0 Å². The fourth-order valence-corrected chi connectivity index (χ4v) is 2.88. The standard InChI is InChI=1S/C15H23FN2O3/c1-17-14(19)13-10-18(7-8-21-13)15(20)12(16)9-11-5-3-2-4-6-11/h9,11,13H,2-8,10H2,1H3,(H,17,19)/b12-9+/t13-/m0/s1. The number of nitrogens with zero attached hydrogens (tertiary/aromatic N) is 1. The van der Waals surface area contributed by atoms with Crippen molar-refractivity contribution in [3.05, 3.63) is 11.9 Å². The zero-order valence-corrected chi connectivity index (χ0v) is 12.4. The molecule has 0 unspecified atom stereocenters. The van der Waals surface area contributed by atoms with Gasteiger partial charge >= 0.3 is 0 Å². The van der Waals surface area contributed by atoms with Crippen molar-refractivity contribution in [2.24, 2.45) is 5.92 Å². The first kappa shape index (κ1) is 15.9. The summed E-state index contributed by atoms with van der Waals surface area (Å²) in [7, 11) is 1.51. The van der Waals surface area contributed by atoms with Crippen LogP contribution in [0, 0.1) is 5.92 Å². The Labute approximate surface area is 124 Å². The molecule has 2 fully saturated rings. The van der Waals surface area contributed by atoms with E-state index in [1.165, 1.54) is 24.4 Å². The Morgan fingerprint density at radius 2 is 2.00 bits per heavy atom. The minimum atomic E-state index is -0.713. The molecule has 1 N–H and O–H groups in total. The molecule has 1 aliphatic heterocycles. The van der Waals surface area contributed by atoms with Gasteiger partial charge in [0.2, 0.25) is 0 Å². The highest BCUT2D eigenvalue weighted by atomic mass is 19.1. The summed E-state index contributed by atoms with van der Waals surface area (Å²) in [5.74, 6) is -1.44. The van der Waals surface area contributed by atoms with Gasteiger partial charge in [-0.05, 0) is 24.8 Å². The highest BCUT2D eigenvalue weighted by Crippen LogP contribution is 2.26. The molecule has 1 saturated heterocycles. The second-order valence-corrected chi connectivity index (χ2v) is 5.64. The number of likely N-dealkylation sites (N-methyl/N-ethyl adjacent to an activating group) is 1. The summed E-state index contributed by atoms with van der Waals surface area (Å²) in [5, 5.41) is 2.48. The Morgan fingerprint density at radius 1 is 1.29 bits per heavy atom. The van der Waals surface area contributed by atoms with E-state index >= 15 is 0 Å². The average molecular weight is 298 g/mol. The number of nitrogens with one attached hydrogen (secondary N) is 1. The van der Waals surface area contributed by atoms with Crippen molar-refractivity contribution in [2.75, 3.05) is 26.7 Å². The number of amides is 2. The minimum absolute atomic E-state index is 0.102. The van der Waals surface area contributed by atoms with Crippen LogP contribution < -0.4 is 5.32 Å². The Morgan fingerprint density at radius 3 is 2.67 bits per heavy atom. The Bertz CT molecular complexity index is 419. The molecule has 1 heterocycles. The average Bonchev–Trinajstić information content (AvgIpc) is 2.54. The molecule has 0 spiro atoms. The lowest BCUT2D eigenvalue weighted by atomic mass is 9.89. The normalized spacial score (nSPS) is 24.8. The fourth-order valence-electron chi connectivity index (χ4n) is 2.88. The Balaban J connectivity index is 1.94. The largest absolute Gasteiger partial charge is 0.365 e. The summed E-state index contributed by atoms with van der Waals surface area (Å²) in [6, 6.07) is 0. The number of carbonyl (C=O) groups is 2. The first-order valence-corrected chi connectivity index (χ1v) is 7.61. The summed E-state index contributed by atoms with van der Waals surface area (Å²) < 4.78 is 19.4. The van der Waals surface area contributed by atoms with E-state index in [4.69, 9.17) is 4.74 Å². The summed E-state index contributed by atoms with van der Waals surface area (Å²) >= 11 is 0. The summed E-state index contributed by atoms with van der Waals surface area (Å²) in [4.78, 5) is 25.0. The molecular weight excluding hydrogens is 275 g/mol. The topological polar surface area (TPSA) is 58.6 Å². The van der Waals surface area contributed by atoms with Crippen LogP contribution >= 0.6 is 0 Å². The number of carbonyl (C=O) groups excluding carboxylic acids is 2. The van der Waals surface area contributed by atoms with Gasteiger partial charge in [0, 0.05) is 13.6 Å². The number of rotatable bonds is 3. The lowest BCUT2D eigenvalue weighted by molar-refractivity contribution is -0.145. The maximum absolute atomic E-state index is 14.1. The molecule has 1 aliphatic carbocycles. The van der Waals surface area contributed by atoms with E-state index in [1.54, 1.807) is 0 Å². The van der Waals surface area contributed by atoms with Crippen LogP contribution in [0.1, 0.15) is 32.1 Å². The minimum Gasteiger partial charge on any atom is -0.365 e. The van der Waals surface area contributed by atoms with Crippen molar-refractivity contribution in [3.63, 3.8) is 0 Å². The lowest BCUT2D eigenvalue weighted by Crippen LogP contribution is -2.51. The van der Waals surface area contributed by atoms with Gasteiger partial charge in [-0.1, -0.05) is 19.3 Å². The first-order valence-electron chi connectivity index (χ1n) is 7.61. The smallest absolute Gasteiger partial charge is 0.282 e. The molecule has 2 aliphatic rings. The third-order valence-electron chi connectivity index (χ3n) is 4.13. The third-order valence-corrected chi connectivity index (χ3v) is 4.13. The van der Waals surface area contributed by atoms with Gasteiger partial charge in [0.15, 0.2) is 11.9 Å². The third kappa shape index (κ3) is 4.27. The lowest BCUT2D eigenvalue weighted by Gasteiger charge is -2.31. The van der Waals surface area contributed by atoms with E-state index in [9.17, 15) is 14.0 Å². The number of morpholine rings is 1. The second kappa shape index (κ2) is 7.54. The molecule has 5 nitrogen and oxygen atoms in total. The van der Waals surface area contributed by atoms with E-state index in [2.05, 4.69) is 5.32 Å². The van der Waals surface area contributed by atoms with Crippen LogP contribution in [0.3, 0.4) is 0 Å². The van der Waals surface area contributed by atoms with Gasteiger partial charge in [-0.2, -0.15) is 0 Å². The van der Waals surface area contributed by atoms with Crippen molar-refractivity contribution >= 4 is 11.8 Å². The molecule has 2 amide bonds. The van der Waals surface area contributed by atoms with Crippen molar-refractivity contribution in [2.45, 2.75) is 38.2 Å². The molecule has 6 heteroatoms. The first-order chi connectivity index (χ1) is 10.1. The van der Waals surface area contributed by atoms with Crippen molar-refractivity contribution in [1.29, 1.82) is 0 Å². The summed E-state index contributed by atoms with van der Waals surface area (Å²) in [6.45, 7) is 0.670. The van der Waals surface area contributed by atoms with Crippen LogP contribution in [0.15, 0.2) is 11.9 Å². The van der Waals surface area contributed by atoms with Crippen molar-refractivity contribution in [1.82, 2.24) is 10.2 Å². The number of allylic oxidation sites excluding steroid dienone is 1. The van der Waals surface area contributed by atoms with Gasteiger partial charge in [0.1, 0.15) is 0 Å². The molecule has 21 heavy (non-hydrogen) atoms. The summed E-state index contributed by atoms with van der Waals surface area (Å²) in [6.07, 6.45) is 6.03. The Hall–Kier alpha value is -1.43. The molecule has 1 saturated carbocycles. The van der Waals surface area contributed by atoms with Gasteiger partial charge in [-0.3, -0.25) is 9.59 Å². The molecule has 0 aromatic heterocycles. The predicted octanol–water partition coefficient (Wildman–Crippen LogP) is 1.39. The molecule has 118 valence electrons. The van der Waals surface area contributed by atoms with Crippen LogP contribution in [0.25, 0.3) is 0 Å². The maximum Gasteiger partial charge on any atom is 0.282 e. The van der Waals surface area contributed by atoms with E-state index in [0.29, 0.717) is 6.54 Å². The quantitative estimate of drug-likeness (QED) is 0.801. The van der Waals surface area contributed by atoms with Crippen molar-refractivity contribution in [3.8, 4) is 0 Å². The zero-order chi connectivity index (χ0) is 15.2. The second-order valence-electron chi connectivity index (χ2n) is 5.64. The van der Waals surface area contributed by atoms with E-state index in [-0.39, 0.29) is 25.0 Å². The highest BCUT2D eigenvalue weighted by molar-refractivity contribution is 5.92. The van der Waals surface area contributed by atoms with Gasteiger partial charge in [-0.25, -0.2) is 4.39 Å². The molecule has 1 atom stereocenters. The van der Waals surface area contributed by atoms with E-state index in [1.807, 2.05) is 0 Å². The molecule has 2 rings (SSSR count). The van der Waals surface area contributed by atoms with E-state index < -0.39 is 17.8 Å². The molecule has 0 radical (unpaired) electrons. The molecule has 0 aromatic rings. The van der Waals surface area contributed by atoms with E-state index in [0.717, 1.165) is 25.7 Å². The Kier molecular flexibility index (Phi) is 5.73. The van der Waals surface area contributed by atoms with Crippen molar-refractivity contribution < 1.29 is 18.7 Å². The van der Waals surface area contributed by atoms with Gasteiger partial charge in [0.05, 0.1) is 13.2 Å². The highest BCUT2D eigenvalue weighted by Gasteiger charge is 2.30. The maximum atomic E-state index is 14.1. The van der Waals surface area contributed by atoms with Crippen LogP contribution in [0.4, 0.5) is 4.39 Å². The predicted molar refractivity (Wildman–Crippen MR) is 76.2 cm³/mol.